The molecule has 0 spiro atoms. The molecule has 4 aromatic rings. The van der Waals surface area contributed by atoms with Gasteiger partial charge in [-0.05, 0) is 48.9 Å². The van der Waals surface area contributed by atoms with Gasteiger partial charge in [-0.15, -0.1) is 0 Å². The van der Waals surface area contributed by atoms with Crippen molar-refractivity contribution in [2.45, 2.75) is 6.42 Å². The second kappa shape index (κ2) is 5.74. The lowest BCUT2D eigenvalue weighted by atomic mass is 10.1. The number of benzene rings is 2. The Morgan fingerprint density at radius 1 is 1.04 bits per heavy atom. The first kappa shape index (κ1) is 13.8. The van der Waals surface area contributed by atoms with Crippen molar-refractivity contribution >= 4 is 10.9 Å². The fourth-order valence-corrected chi connectivity index (χ4v) is 2.82. The van der Waals surface area contributed by atoms with Crippen molar-refractivity contribution < 1.29 is 4.42 Å². The smallest absolute Gasteiger partial charge is 0.226 e. The molecule has 3 N–H and O–H groups in total. The highest BCUT2D eigenvalue weighted by Gasteiger charge is 2.10. The quantitative estimate of drug-likeness (QED) is 0.599. The molecule has 2 aromatic heterocycles. The van der Waals surface area contributed by atoms with Crippen molar-refractivity contribution in [3.63, 3.8) is 0 Å². The first-order valence-electron chi connectivity index (χ1n) is 7.67. The second-order valence-corrected chi connectivity index (χ2v) is 5.51. The van der Waals surface area contributed by atoms with Crippen LogP contribution in [0.3, 0.4) is 0 Å². The Bertz CT molecular complexity index is 938. The van der Waals surface area contributed by atoms with E-state index in [9.17, 15) is 0 Å². The van der Waals surface area contributed by atoms with E-state index in [0.717, 1.165) is 28.8 Å². The van der Waals surface area contributed by atoms with Crippen LogP contribution in [0.15, 0.2) is 65.3 Å². The lowest BCUT2D eigenvalue weighted by Crippen LogP contribution is -2.01. The van der Waals surface area contributed by atoms with E-state index in [4.69, 9.17) is 10.2 Å². The van der Waals surface area contributed by atoms with Crippen molar-refractivity contribution in [2.75, 3.05) is 6.54 Å². The van der Waals surface area contributed by atoms with Gasteiger partial charge in [0.25, 0.3) is 0 Å². The number of nitrogens with one attached hydrogen (secondary N) is 1. The first-order chi connectivity index (χ1) is 11.3. The summed E-state index contributed by atoms with van der Waals surface area (Å²) in [5, 5.41) is 1.19. The van der Waals surface area contributed by atoms with Gasteiger partial charge in [-0.3, -0.25) is 0 Å². The van der Waals surface area contributed by atoms with Crippen molar-refractivity contribution in [3.05, 3.63) is 66.5 Å². The zero-order valence-corrected chi connectivity index (χ0v) is 12.6. The maximum Gasteiger partial charge on any atom is 0.226 e. The van der Waals surface area contributed by atoms with E-state index in [1.165, 1.54) is 10.9 Å². The molecule has 0 bridgehead atoms. The van der Waals surface area contributed by atoms with Gasteiger partial charge >= 0.3 is 0 Å². The molecular weight excluding hydrogens is 286 g/mol. The maximum absolute atomic E-state index is 5.94. The number of rotatable bonds is 4. The van der Waals surface area contributed by atoms with Crippen LogP contribution in [0.4, 0.5) is 0 Å². The van der Waals surface area contributed by atoms with Gasteiger partial charge in [-0.2, -0.15) is 0 Å². The first-order valence-corrected chi connectivity index (χ1v) is 7.67. The van der Waals surface area contributed by atoms with E-state index in [2.05, 4.69) is 22.1 Å². The highest BCUT2D eigenvalue weighted by molar-refractivity contribution is 5.87. The van der Waals surface area contributed by atoms with Crippen LogP contribution < -0.4 is 5.73 Å². The largest absolute Gasteiger partial charge is 0.436 e. The predicted molar refractivity (Wildman–Crippen MR) is 92.0 cm³/mol. The molecule has 2 aromatic carbocycles. The van der Waals surface area contributed by atoms with Crippen LogP contribution in [-0.4, -0.2) is 16.5 Å². The number of nitrogens with two attached hydrogens (primary N) is 1. The summed E-state index contributed by atoms with van der Waals surface area (Å²) in [6, 6.07) is 16.1. The molecule has 4 heteroatoms. The Hall–Kier alpha value is -2.85. The van der Waals surface area contributed by atoms with Gasteiger partial charge in [0.05, 0.1) is 6.20 Å². The molecule has 4 rings (SSSR count). The van der Waals surface area contributed by atoms with Crippen LogP contribution in [0.25, 0.3) is 33.7 Å². The van der Waals surface area contributed by atoms with Crippen molar-refractivity contribution in [1.82, 2.24) is 9.97 Å². The SMILES string of the molecule is NCCc1c[nH]c2ccc(-c3cnc(-c4ccccc4)o3)cc12. The Morgan fingerprint density at radius 2 is 1.91 bits per heavy atom. The maximum atomic E-state index is 5.94. The monoisotopic (exact) mass is 303 g/mol. The summed E-state index contributed by atoms with van der Waals surface area (Å²) in [5.41, 5.74) is 10.0. The molecule has 4 nitrogen and oxygen atoms in total. The van der Waals surface area contributed by atoms with E-state index in [1.807, 2.05) is 42.6 Å². The lowest BCUT2D eigenvalue weighted by Gasteiger charge is -2.00. The summed E-state index contributed by atoms with van der Waals surface area (Å²) in [6.07, 6.45) is 4.66. The molecule has 0 aliphatic heterocycles. The average Bonchev–Trinajstić information content (AvgIpc) is 3.23. The van der Waals surface area contributed by atoms with Crippen LogP contribution in [0.2, 0.25) is 0 Å². The Balaban J connectivity index is 1.74. The summed E-state index contributed by atoms with van der Waals surface area (Å²) in [7, 11) is 0. The van der Waals surface area contributed by atoms with Crippen LogP contribution in [-0.2, 0) is 6.42 Å². The summed E-state index contributed by atoms with van der Waals surface area (Å²) in [6.45, 7) is 0.637. The van der Waals surface area contributed by atoms with Crippen LogP contribution >= 0.6 is 0 Å². The molecule has 0 radical (unpaired) electrons. The zero-order valence-electron chi connectivity index (χ0n) is 12.6. The Labute approximate surface area is 134 Å². The topological polar surface area (TPSA) is 67.8 Å². The normalized spacial score (nSPS) is 11.2. The third-order valence-corrected chi connectivity index (χ3v) is 3.99. The van der Waals surface area contributed by atoms with Gasteiger partial charge in [-0.1, -0.05) is 18.2 Å². The van der Waals surface area contributed by atoms with Gasteiger partial charge in [0, 0.05) is 28.2 Å². The van der Waals surface area contributed by atoms with Gasteiger partial charge in [0.1, 0.15) is 0 Å². The van der Waals surface area contributed by atoms with Gasteiger partial charge in [0.15, 0.2) is 5.76 Å². The third kappa shape index (κ3) is 2.53. The molecule has 0 fully saturated rings. The van der Waals surface area contributed by atoms with Crippen LogP contribution in [0.1, 0.15) is 5.56 Å². The molecule has 0 unspecified atom stereocenters. The minimum Gasteiger partial charge on any atom is -0.436 e. The zero-order chi connectivity index (χ0) is 15.6. The number of hydrogen-bond acceptors (Lipinski definition) is 3. The minimum absolute atomic E-state index is 0.636. The molecule has 2 heterocycles. The van der Waals surface area contributed by atoms with Gasteiger partial charge in [0.2, 0.25) is 5.89 Å². The number of oxazole rings is 1. The lowest BCUT2D eigenvalue weighted by molar-refractivity contribution is 0.589. The summed E-state index contributed by atoms with van der Waals surface area (Å²) in [4.78, 5) is 7.68. The second-order valence-electron chi connectivity index (χ2n) is 5.51. The van der Waals surface area contributed by atoms with E-state index in [0.29, 0.717) is 12.4 Å². The fourth-order valence-electron chi connectivity index (χ4n) is 2.82. The van der Waals surface area contributed by atoms with E-state index < -0.39 is 0 Å². The molecular formula is C19H17N3O. The van der Waals surface area contributed by atoms with Crippen molar-refractivity contribution in [3.8, 4) is 22.8 Å². The molecule has 0 aliphatic rings. The molecule has 0 aliphatic carbocycles. The van der Waals surface area contributed by atoms with Gasteiger partial charge in [-0.25, -0.2) is 4.98 Å². The van der Waals surface area contributed by atoms with Gasteiger partial charge < -0.3 is 15.1 Å². The average molecular weight is 303 g/mol. The minimum atomic E-state index is 0.636. The number of H-pyrrole nitrogens is 1. The van der Waals surface area contributed by atoms with E-state index in [1.54, 1.807) is 6.20 Å². The highest BCUT2D eigenvalue weighted by Crippen LogP contribution is 2.29. The Kier molecular flexibility index (Phi) is 3.44. The highest BCUT2D eigenvalue weighted by atomic mass is 16.4. The van der Waals surface area contributed by atoms with E-state index in [-0.39, 0.29) is 0 Å². The molecule has 0 saturated heterocycles. The predicted octanol–water partition coefficient (Wildman–Crippen LogP) is 3.99. The molecule has 0 saturated carbocycles. The summed E-state index contributed by atoms with van der Waals surface area (Å²) >= 11 is 0. The molecule has 0 amide bonds. The third-order valence-electron chi connectivity index (χ3n) is 3.99. The summed E-state index contributed by atoms with van der Waals surface area (Å²) in [5.74, 6) is 1.41. The molecule has 114 valence electrons. The number of aromatic nitrogens is 2. The fraction of sp³-hybridized carbons (Fsp3) is 0.105. The van der Waals surface area contributed by atoms with Crippen molar-refractivity contribution in [1.29, 1.82) is 0 Å². The van der Waals surface area contributed by atoms with E-state index >= 15 is 0 Å². The molecule has 23 heavy (non-hydrogen) atoms. The number of hydrogen-bond donors (Lipinski definition) is 2. The van der Waals surface area contributed by atoms with Crippen LogP contribution in [0.5, 0.6) is 0 Å². The summed E-state index contributed by atoms with van der Waals surface area (Å²) < 4.78 is 5.94. The number of fused-ring (bicyclic) bond motifs is 1. The Morgan fingerprint density at radius 3 is 2.74 bits per heavy atom. The van der Waals surface area contributed by atoms with Crippen molar-refractivity contribution in [2.24, 2.45) is 5.73 Å². The molecule has 0 atom stereocenters. The standard InChI is InChI=1S/C19H17N3O/c20-9-8-15-11-21-17-7-6-14(10-16(15)17)18-12-22-19(23-18)13-4-2-1-3-5-13/h1-7,10-12,21H,8-9,20H2. The number of aromatic amines is 1. The van der Waals surface area contributed by atoms with Crippen LogP contribution in [0, 0.1) is 0 Å². The number of nitrogens with zero attached hydrogens (tertiary/aromatic N) is 1.